The molecule has 4 rings (SSSR count). The van der Waals surface area contributed by atoms with Gasteiger partial charge in [0.05, 0.1) is 36.6 Å². The van der Waals surface area contributed by atoms with Crippen LogP contribution in [0.2, 0.25) is 0 Å². The SMILES string of the molecule is COc1cc(C(=O)N[C@H](c2ccccc2)c2ccc3nc[nH]c3c2)on1. The van der Waals surface area contributed by atoms with Crippen molar-refractivity contribution in [2.45, 2.75) is 6.04 Å². The summed E-state index contributed by atoms with van der Waals surface area (Å²) >= 11 is 0. The lowest BCUT2D eigenvalue weighted by atomic mass is 9.98. The monoisotopic (exact) mass is 348 g/mol. The van der Waals surface area contributed by atoms with Gasteiger partial charge in [0, 0.05) is 0 Å². The van der Waals surface area contributed by atoms with Crippen LogP contribution in [0.15, 0.2) is 65.4 Å². The third-order valence-corrected chi connectivity index (χ3v) is 4.11. The van der Waals surface area contributed by atoms with E-state index in [1.54, 1.807) is 6.33 Å². The van der Waals surface area contributed by atoms with E-state index in [4.69, 9.17) is 9.26 Å². The van der Waals surface area contributed by atoms with Gasteiger partial charge in [-0.2, -0.15) is 0 Å². The van der Waals surface area contributed by atoms with Crippen molar-refractivity contribution in [2.24, 2.45) is 0 Å². The van der Waals surface area contributed by atoms with Crippen LogP contribution in [0.3, 0.4) is 0 Å². The molecule has 7 heteroatoms. The smallest absolute Gasteiger partial charge is 0.290 e. The number of aromatic nitrogens is 3. The number of hydrogen-bond acceptors (Lipinski definition) is 5. The molecule has 1 amide bonds. The number of H-pyrrole nitrogens is 1. The molecule has 2 aromatic carbocycles. The highest BCUT2D eigenvalue weighted by Gasteiger charge is 2.21. The zero-order chi connectivity index (χ0) is 17.9. The number of nitrogens with one attached hydrogen (secondary N) is 2. The van der Waals surface area contributed by atoms with E-state index < -0.39 is 0 Å². The second kappa shape index (κ2) is 6.72. The Bertz CT molecular complexity index is 1040. The number of benzene rings is 2. The number of ether oxygens (including phenoxy) is 1. The Kier molecular flexibility index (Phi) is 4.10. The largest absolute Gasteiger partial charge is 0.479 e. The molecule has 1 atom stereocenters. The maximum atomic E-state index is 12.6. The first-order chi connectivity index (χ1) is 12.7. The number of aromatic amines is 1. The number of carbonyl (C=O) groups is 1. The number of fused-ring (bicyclic) bond motifs is 1. The lowest BCUT2D eigenvalue weighted by Crippen LogP contribution is -2.29. The van der Waals surface area contributed by atoms with E-state index in [0.717, 1.165) is 22.2 Å². The van der Waals surface area contributed by atoms with E-state index in [2.05, 4.69) is 20.4 Å². The summed E-state index contributed by atoms with van der Waals surface area (Å²) in [5, 5.41) is 6.67. The normalized spacial score (nSPS) is 12.0. The Balaban J connectivity index is 1.69. The fourth-order valence-corrected chi connectivity index (χ4v) is 2.80. The molecule has 0 aliphatic heterocycles. The Morgan fingerprint density at radius 3 is 2.77 bits per heavy atom. The van der Waals surface area contributed by atoms with Gasteiger partial charge in [-0.05, 0) is 28.4 Å². The van der Waals surface area contributed by atoms with Crippen molar-refractivity contribution in [3.8, 4) is 5.88 Å². The van der Waals surface area contributed by atoms with Crippen molar-refractivity contribution in [3.05, 3.63) is 77.8 Å². The molecule has 2 heterocycles. The molecule has 0 saturated carbocycles. The molecule has 7 nitrogen and oxygen atoms in total. The predicted octanol–water partition coefficient (Wildman–Crippen LogP) is 3.08. The van der Waals surface area contributed by atoms with Gasteiger partial charge in [-0.15, -0.1) is 0 Å². The third-order valence-electron chi connectivity index (χ3n) is 4.11. The fourth-order valence-electron chi connectivity index (χ4n) is 2.80. The Labute approximate surface area is 149 Å². The van der Waals surface area contributed by atoms with Crippen molar-refractivity contribution in [3.63, 3.8) is 0 Å². The molecule has 0 radical (unpaired) electrons. The third kappa shape index (κ3) is 3.02. The van der Waals surface area contributed by atoms with Gasteiger partial charge in [-0.25, -0.2) is 4.98 Å². The van der Waals surface area contributed by atoms with E-state index in [1.165, 1.54) is 13.2 Å². The Hall–Kier alpha value is -3.61. The Morgan fingerprint density at radius 2 is 2.00 bits per heavy atom. The zero-order valence-electron chi connectivity index (χ0n) is 14.0. The van der Waals surface area contributed by atoms with E-state index >= 15 is 0 Å². The van der Waals surface area contributed by atoms with Gasteiger partial charge < -0.3 is 19.6 Å². The van der Waals surface area contributed by atoms with E-state index in [0.29, 0.717) is 0 Å². The molecule has 0 bridgehead atoms. The van der Waals surface area contributed by atoms with Gasteiger partial charge in [-0.3, -0.25) is 4.79 Å². The summed E-state index contributed by atoms with van der Waals surface area (Å²) in [5.41, 5.74) is 3.64. The predicted molar refractivity (Wildman–Crippen MR) is 94.9 cm³/mol. The van der Waals surface area contributed by atoms with Crippen molar-refractivity contribution in [2.75, 3.05) is 7.11 Å². The highest BCUT2D eigenvalue weighted by atomic mass is 16.5. The first-order valence-electron chi connectivity index (χ1n) is 8.04. The number of carbonyl (C=O) groups excluding carboxylic acids is 1. The maximum Gasteiger partial charge on any atom is 0.290 e. The lowest BCUT2D eigenvalue weighted by molar-refractivity contribution is 0.0905. The maximum absolute atomic E-state index is 12.6. The molecule has 26 heavy (non-hydrogen) atoms. The summed E-state index contributed by atoms with van der Waals surface area (Å²) in [4.78, 5) is 19.9. The molecule has 0 unspecified atom stereocenters. The van der Waals surface area contributed by atoms with Crippen molar-refractivity contribution in [1.29, 1.82) is 0 Å². The summed E-state index contributed by atoms with van der Waals surface area (Å²) in [6.45, 7) is 0. The lowest BCUT2D eigenvalue weighted by Gasteiger charge is -2.19. The van der Waals surface area contributed by atoms with Crippen LogP contribution in [0.1, 0.15) is 27.7 Å². The molecule has 130 valence electrons. The van der Waals surface area contributed by atoms with Crippen molar-refractivity contribution in [1.82, 2.24) is 20.4 Å². The van der Waals surface area contributed by atoms with Gasteiger partial charge in [-0.1, -0.05) is 36.4 Å². The van der Waals surface area contributed by atoms with E-state index in [-0.39, 0.29) is 23.6 Å². The highest BCUT2D eigenvalue weighted by Crippen LogP contribution is 2.25. The molecule has 0 fully saturated rings. The first kappa shape index (κ1) is 15.9. The molecular formula is C19H16N4O3. The van der Waals surface area contributed by atoms with Gasteiger partial charge in [0.1, 0.15) is 0 Å². The first-order valence-corrected chi connectivity index (χ1v) is 8.04. The standard InChI is InChI=1S/C19H16N4O3/c1-25-17-10-16(26-23-17)19(24)22-18(12-5-3-2-4-6-12)13-7-8-14-15(9-13)21-11-20-14/h2-11,18H,1H3,(H,20,21)(H,22,24)/t18-/m1/s1. The minimum Gasteiger partial charge on any atom is -0.479 e. The number of imidazole rings is 1. The number of methoxy groups -OCH3 is 1. The molecule has 4 aromatic rings. The van der Waals surface area contributed by atoms with Crippen LogP contribution in [0.5, 0.6) is 5.88 Å². The molecular weight excluding hydrogens is 332 g/mol. The molecule has 0 aliphatic carbocycles. The molecule has 0 spiro atoms. The van der Waals surface area contributed by atoms with Crippen LogP contribution in [-0.2, 0) is 0 Å². The van der Waals surface area contributed by atoms with Crippen LogP contribution < -0.4 is 10.1 Å². The minimum absolute atomic E-state index is 0.0883. The van der Waals surface area contributed by atoms with Crippen LogP contribution in [-0.4, -0.2) is 28.1 Å². The second-order valence-electron chi connectivity index (χ2n) is 5.73. The summed E-state index contributed by atoms with van der Waals surface area (Å²) < 4.78 is 10.0. The molecule has 2 aromatic heterocycles. The summed E-state index contributed by atoms with van der Waals surface area (Å²) in [5.74, 6) is -0.0324. The quantitative estimate of drug-likeness (QED) is 0.578. The van der Waals surface area contributed by atoms with E-state index in [9.17, 15) is 4.79 Å². The Morgan fingerprint density at radius 1 is 1.15 bits per heavy atom. The fraction of sp³-hybridized carbons (Fsp3) is 0.105. The number of rotatable bonds is 5. The number of nitrogens with zero attached hydrogens (tertiary/aromatic N) is 2. The van der Waals surface area contributed by atoms with Crippen LogP contribution in [0.25, 0.3) is 11.0 Å². The average molecular weight is 348 g/mol. The number of hydrogen-bond donors (Lipinski definition) is 2. The van der Waals surface area contributed by atoms with Gasteiger partial charge in [0.25, 0.3) is 11.8 Å². The van der Waals surface area contributed by atoms with Crippen LogP contribution in [0, 0.1) is 0 Å². The highest BCUT2D eigenvalue weighted by molar-refractivity contribution is 5.92. The summed E-state index contributed by atoms with van der Waals surface area (Å²) in [6.07, 6.45) is 1.64. The molecule has 2 N–H and O–H groups in total. The topological polar surface area (TPSA) is 93.0 Å². The minimum atomic E-state index is -0.376. The van der Waals surface area contributed by atoms with Gasteiger partial charge in [0.2, 0.25) is 5.76 Å². The van der Waals surface area contributed by atoms with Crippen LogP contribution in [0.4, 0.5) is 0 Å². The van der Waals surface area contributed by atoms with Gasteiger partial charge >= 0.3 is 0 Å². The summed E-state index contributed by atoms with van der Waals surface area (Å²) in [6, 6.07) is 16.7. The second-order valence-corrected chi connectivity index (χ2v) is 5.73. The van der Waals surface area contributed by atoms with Gasteiger partial charge in [0.15, 0.2) is 0 Å². The summed E-state index contributed by atoms with van der Waals surface area (Å²) in [7, 11) is 1.46. The molecule has 0 aliphatic rings. The van der Waals surface area contributed by atoms with Crippen molar-refractivity contribution >= 4 is 16.9 Å². The molecule has 0 saturated heterocycles. The van der Waals surface area contributed by atoms with Crippen LogP contribution >= 0.6 is 0 Å². The number of amides is 1. The average Bonchev–Trinajstić information content (AvgIpc) is 3.35. The van der Waals surface area contributed by atoms with E-state index in [1.807, 2.05) is 48.5 Å². The zero-order valence-corrected chi connectivity index (χ0v) is 14.0. The van der Waals surface area contributed by atoms with Crippen molar-refractivity contribution < 1.29 is 14.1 Å².